The Morgan fingerprint density at radius 1 is 1.38 bits per heavy atom. The summed E-state index contributed by atoms with van der Waals surface area (Å²) in [5.74, 6) is 1.95. The molecule has 1 aliphatic rings. The molecule has 0 saturated carbocycles. The summed E-state index contributed by atoms with van der Waals surface area (Å²) in [6, 6.07) is 4.08. The number of carbonyl (C=O) groups is 1. The number of imidazole rings is 1. The molecule has 1 fully saturated rings. The van der Waals surface area contributed by atoms with Crippen molar-refractivity contribution in [3.63, 3.8) is 0 Å². The predicted molar refractivity (Wildman–Crippen MR) is 100 cm³/mol. The first-order chi connectivity index (χ1) is 12.7. The SMILES string of the molecule is CCc1nccn1CC(=O)N1CCOC(CCc2ccnc(NC)c2)C1. The highest BCUT2D eigenvalue weighted by Gasteiger charge is 2.24. The van der Waals surface area contributed by atoms with Crippen molar-refractivity contribution >= 4 is 11.7 Å². The molecular weight excluding hydrogens is 330 g/mol. The first-order valence-corrected chi connectivity index (χ1v) is 9.21. The average molecular weight is 357 g/mol. The summed E-state index contributed by atoms with van der Waals surface area (Å²) >= 11 is 0. The highest BCUT2D eigenvalue weighted by molar-refractivity contribution is 5.76. The molecule has 1 amide bonds. The second-order valence-corrected chi connectivity index (χ2v) is 6.50. The van der Waals surface area contributed by atoms with E-state index < -0.39 is 0 Å². The van der Waals surface area contributed by atoms with E-state index in [1.807, 2.05) is 41.9 Å². The van der Waals surface area contributed by atoms with Crippen LogP contribution >= 0.6 is 0 Å². The van der Waals surface area contributed by atoms with Gasteiger partial charge in [0.05, 0.1) is 12.7 Å². The van der Waals surface area contributed by atoms with Crippen LogP contribution in [0.4, 0.5) is 5.82 Å². The Hall–Kier alpha value is -2.41. The largest absolute Gasteiger partial charge is 0.375 e. The van der Waals surface area contributed by atoms with Crippen LogP contribution in [0.5, 0.6) is 0 Å². The number of aryl methyl sites for hydroxylation is 2. The fourth-order valence-electron chi connectivity index (χ4n) is 3.26. The lowest BCUT2D eigenvalue weighted by atomic mass is 10.1. The summed E-state index contributed by atoms with van der Waals surface area (Å²) in [6.45, 7) is 4.31. The fourth-order valence-corrected chi connectivity index (χ4v) is 3.26. The van der Waals surface area contributed by atoms with Crippen molar-refractivity contribution in [1.29, 1.82) is 0 Å². The van der Waals surface area contributed by atoms with E-state index in [0.29, 0.717) is 26.2 Å². The minimum Gasteiger partial charge on any atom is -0.375 e. The van der Waals surface area contributed by atoms with Crippen molar-refractivity contribution in [2.24, 2.45) is 0 Å². The molecule has 2 aromatic rings. The maximum Gasteiger partial charge on any atom is 0.242 e. The fraction of sp³-hybridized carbons (Fsp3) is 0.526. The van der Waals surface area contributed by atoms with Crippen LogP contribution in [0.2, 0.25) is 0 Å². The Labute approximate surface area is 154 Å². The maximum atomic E-state index is 12.6. The van der Waals surface area contributed by atoms with E-state index in [1.165, 1.54) is 5.56 Å². The average Bonchev–Trinajstić information content (AvgIpc) is 3.14. The number of nitrogens with zero attached hydrogens (tertiary/aromatic N) is 4. The number of carbonyl (C=O) groups excluding carboxylic acids is 1. The van der Waals surface area contributed by atoms with Gasteiger partial charge in [0.1, 0.15) is 18.2 Å². The van der Waals surface area contributed by atoms with E-state index in [0.717, 1.165) is 30.9 Å². The summed E-state index contributed by atoms with van der Waals surface area (Å²) in [5, 5.41) is 3.05. The molecule has 0 radical (unpaired) electrons. The molecule has 140 valence electrons. The Balaban J connectivity index is 1.52. The minimum absolute atomic E-state index is 0.0762. The second-order valence-electron chi connectivity index (χ2n) is 6.50. The summed E-state index contributed by atoms with van der Waals surface area (Å²) in [5.41, 5.74) is 1.22. The van der Waals surface area contributed by atoms with Crippen LogP contribution in [0.25, 0.3) is 0 Å². The van der Waals surface area contributed by atoms with E-state index in [-0.39, 0.29) is 12.0 Å². The Morgan fingerprint density at radius 3 is 3.08 bits per heavy atom. The number of nitrogens with one attached hydrogen (secondary N) is 1. The third-order valence-corrected chi connectivity index (χ3v) is 4.75. The summed E-state index contributed by atoms with van der Waals surface area (Å²) in [6.07, 6.45) is 8.14. The van der Waals surface area contributed by atoms with Crippen molar-refractivity contribution in [1.82, 2.24) is 19.4 Å². The molecule has 0 spiro atoms. The Kier molecular flexibility index (Phi) is 6.22. The van der Waals surface area contributed by atoms with Gasteiger partial charge in [-0.3, -0.25) is 4.79 Å². The minimum atomic E-state index is 0.0762. The van der Waals surface area contributed by atoms with Gasteiger partial charge in [0.25, 0.3) is 0 Å². The van der Waals surface area contributed by atoms with Gasteiger partial charge in [-0.15, -0.1) is 0 Å². The summed E-state index contributed by atoms with van der Waals surface area (Å²) in [4.78, 5) is 23.1. The lowest BCUT2D eigenvalue weighted by molar-refractivity contribution is -0.139. The maximum absolute atomic E-state index is 12.6. The van der Waals surface area contributed by atoms with Crippen molar-refractivity contribution in [3.8, 4) is 0 Å². The van der Waals surface area contributed by atoms with E-state index in [1.54, 1.807) is 6.20 Å². The van der Waals surface area contributed by atoms with Gasteiger partial charge in [-0.25, -0.2) is 9.97 Å². The topological polar surface area (TPSA) is 72.3 Å². The van der Waals surface area contributed by atoms with Gasteiger partial charge in [-0.1, -0.05) is 6.92 Å². The van der Waals surface area contributed by atoms with Crippen molar-refractivity contribution in [2.75, 3.05) is 32.1 Å². The molecule has 1 unspecified atom stereocenters. The molecular formula is C19H27N5O2. The third-order valence-electron chi connectivity index (χ3n) is 4.75. The molecule has 7 heteroatoms. The van der Waals surface area contributed by atoms with Crippen molar-refractivity contribution in [3.05, 3.63) is 42.1 Å². The summed E-state index contributed by atoms with van der Waals surface area (Å²) < 4.78 is 7.81. The third kappa shape index (κ3) is 4.60. The van der Waals surface area contributed by atoms with Gasteiger partial charge >= 0.3 is 0 Å². The number of morpholine rings is 1. The van der Waals surface area contributed by atoms with Gasteiger partial charge in [-0.2, -0.15) is 0 Å². The van der Waals surface area contributed by atoms with Crippen LogP contribution in [0, 0.1) is 0 Å². The first-order valence-electron chi connectivity index (χ1n) is 9.21. The van der Waals surface area contributed by atoms with Crippen LogP contribution in [-0.2, 0) is 28.9 Å². The molecule has 3 heterocycles. The molecule has 1 saturated heterocycles. The number of ether oxygens (including phenoxy) is 1. The number of rotatable bonds is 7. The van der Waals surface area contributed by atoms with E-state index in [9.17, 15) is 4.79 Å². The lowest BCUT2D eigenvalue weighted by Gasteiger charge is -2.33. The van der Waals surface area contributed by atoms with Gasteiger partial charge in [0, 0.05) is 45.1 Å². The Bertz CT molecular complexity index is 730. The quantitative estimate of drug-likeness (QED) is 0.817. The van der Waals surface area contributed by atoms with Gasteiger partial charge in [0.2, 0.25) is 5.91 Å². The predicted octanol–water partition coefficient (Wildman–Crippen LogP) is 1.74. The number of hydrogen-bond donors (Lipinski definition) is 1. The highest BCUT2D eigenvalue weighted by Crippen LogP contribution is 2.15. The molecule has 7 nitrogen and oxygen atoms in total. The van der Waals surface area contributed by atoms with Gasteiger partial charge < -0.3 is 19.5 Å². The summed E-state index contributed by atoms with van der Waals surface area (Å²) in [7, 11) is 1.87. The second kappa shape index (κ2) is 8.80. The van der Waals surface area contributed by atoms with Crippen LogP contribution in [0.15, 0.2) is 30.7 Å². The zero-order valence-electron chi connectivity index (χ0n) is 15.5. The number of pyridine rings is 1. The molecule has 1 N–H and O–H groups in total. The zero-order chi connectivity index (χ0) is 18.4. The normalized spacial score (nSPS) is 17.3. The molecule has 0 bridgehead atoms. The first kappa shape index (κ1) is 18.4. The number of hydrogen-bond acceptors (Lipinski definition) is 5. The van der Waals surface area contributed by atoms with Crippen LogP contribution < -0.4 is 5.32 Å². The molecule has 3 rings (SSSR count). The van der Waals surface area contributed by atoms with Gasteiger partial charge in [0.15, 0.2) is 0 Å². The van der Waals surface area contributed by atoms with E-state index in [2.05, 4.69) is 21.4 Å². The van der Waals surface area contributed by atoms with Crippen LogP contribution in [0.1, 0.15) is 24.7 Å². The zero-order valence-corrected chi connectivity index (χ0v) is 15.5. The molecule has 26 heavy (non-hydrogen) atoms. The van der Waals surface area contributed by atoms with Crippen molar-refractivity contribution in [2.45, 2.75) is 38.8 Å². The monoisotopic (exact) mass is 357 g/mol. The molecule has 1 aliphatic heterocycles. The van der Waals surface area contributed by atoms with E-state index >= 15 is 0 Å². The Morgan fingerprint density at radius 2 is 2.27 bits per heavy atom. The number of amides is 1. The van der Waals surface area contributed by atoms with Gasteiger partial charge in [-0.05, 0) is 30.5 Å². The molecule has 0 aromatic carbocycles. The van der Waals surface area contributed by atoms with Crippen LogP contribution in [0.3, 0.4) is 0 Å². The van der Waals surface area contributed by atoms with Crippen LogP contribution in [-0.4, -0.2) is 58.2 Å². The molecule has 2 aromatic heterocycles. The standard InChI is InChI=1S/C19H27N5O2/c1-3-18-22-8-9-23(18)14-19(25)24-10-11-26-16(13-24)5-4-15-6-7-21-17(12-15)20-2/h6-9,12,16H,3-5,10-11,13-14H2,1-2H3,(H,20,21). The highest BCUT2D eigenvalue weighted by atomic mass is 16.5. The van der Waals surface area contributed by atoms with E-state index in [4.69, 9.17) is 4.74 Å². The molecule has 1 atom stereocenters. The smallest absolute Gasteiger partial charge is 0.242 e. The number of anilines is 1. The molecule has 0 aliphatic carbocycles. The lowest BCUT2D eigenvalue weighted by Crippen LogP contribution is -2.46. The van der Waals surface area contributed by atoms with Crippen molar-refractivity contribution < 1.29 is 9.53 Å². The number of aromatic nitrogens is 3.